The Bertz CT molecular complexity index is 464. The number of hydrogen-bond acceptors (Lipinski definition) is 4. The van der Waals surface area contributed by atoms with Gasteiger partial charge >= 0.3 is 5.97 Å². The Morgan fingerprint density at radius 3 is 3.21 bits per heavy atom. The number of fused-ring (bicyclic) bond motifs is 1. The second kappa shape index (κ2) is 6.87. The van der Waals surface area contributed by atoms with Gasteiger partial charge in [-0.1, -0.05) is 13.0 Å². The summed E-state index contributed by atoms with van der Waals surface area (Å²) in [6, 6.07) is 2.66. The van der Waals surface area contributed by atoms with Crippen LogP contribution in [0.4, 0.5) is 0 Å². The average Bonchev–Trinajstić information content (AvgIpc) is 2.92. The van der Waals surface area contributed by atoms with Crippen LogP contribution >= 0.6 is 11.3 Å². The molecule has 0 fully saturated rings. The lowest BCUT2D eigenvalue weighted by Gasteiger charge is -2.23. The van der Waals surface area contributed by atoms with Crippen molar-refractivity contribution in [1.29, 1.82) is 0 Å². The lowest BCUT2D eigenvalue weighted by molar-refractivity contribution is -0.136. The first-order valence-electron chi connectivity index (χ1n) is 6.83. The number of nitrogens with one attached hydrogen (secondary N) is 1. The first-order chi connectivity index (χ1) is 9.26. The van der Waals surface area contributed by atoms with Crippen LogP contribution in [0.5, 0.6) is 0 Å². The summed E-state index contributed by atoms with van der Waals surface area (Å²) in [5, 5.41) is 5.70. The SMILES string of the molecule is CC/C(=C/CNC1CCCc2sccc21)C(=O)OC. The third-order valence-corrected chi connectivity index (χ3v) is 4.59. The van der Waals surface area contributed by atoms with Crippen molar-refractivity contribution in [3.63, 3.8) is 0 Å². The van der Waals surface area contributed by atoms with Crippen LogP contribution in [0.2, 0.25) is 0 Å². The topological polar surface area (TPSA) is 38.3 Å². The van der Waals surface area contributed by atoms with E-state index in [2.05, 4.69) is 16.8 Å². The van der Waals surface area contributed by atoms with E-state index in [9.17, 15) is 4.79 Å². The Morgan fingerprint density at radius 2 is 2.47 bits per heavy atom. The molecule has 104 valence electrons. The van der Waals surface area contributed by atoms with Crippen LogP contribution in [0, 0.1) is 0 Å². The minimum Gasteiger partial charge on any atom is -0.466 e. The molecule has 1 N–H and O–H groups in total. The van der Waals surface area contributed by atoms with Gasteiger partial charge in [0.15, 0.2) is 0 Å². The van der Waals surface area contributed by atoms with E-state index in [1.165, 1.54) is 36.8 Å². The summed E-state index contributed by atoms with van der Waals surface area (Å²) in [4.78, 5) is 13.0. The monoisotopic (exact) mass is 279 g/mol. The average molecular weight is 279 g/mol. The van der Waals surface area contributed by atoms with E-state index < -0.39 is 0 Å². The van der Waals surface area contributed by atoms with Crippen LogP contribution in [-0.4, -0.2) is 19.6 Å². The summed E-state index contributed by atoms with van der Waals surface area (Å²) in [6.45, 7) is 2.69. The summed E-state index contributed by atoms with van der Waals surface area (Å²) in [6.07, 6.45) is 6.29. The Labute approximate surface area is 118 Å². The van der Waals surface area contributed by atoms with Gasteiger partial charge in [-0.2, -0.15) is 0 Å². The molecule has 1 atom stereocenters. The van der Waals surface area contributed by atoms with E-state index in [1.54, 1.807) is 0 Å². The second-order valence-corrected chi connectivity index (χ2v) is 5.73. The van der Waals surface area contributed by atoms with E-state index in [1.807, 2.05) is 24.3 Å². The molecule has 0 aliphatic heterocycles. The van der Waals surface area contributed by atoms with Gasteiger partial charge in [-0.3, -0.25) is 0 Å². The highest BCUT2D eigenvalue weighted by Crippen LogP contribution is 2.33. The smallest absolute Gasteiger partial charge is 0.333 e. The second-order valence-electron chi connectivity index (χ2n) is 4.73. The molecule has 2 rings (SSSR count). The van der Waals surface area contributed by atoms with Gasteiger partial charge in [-0.15, -0.1) is 11.3 Å². The highest BCUT2D eigenvalue weighted by atomic mass is 32.1. The number of carbonyl (C=O) groups is 1. The molecule has 0 saturated heterocycles. The van der Waals surface area contributed by atoms with Gasteiger partial charge in [0.1, 0.15) is 0 Å². The summed E-state index contributed by atoms with van der Waals surface area (Å²) >= 11 is 1.85. The van der Waals surface area contributed by atoms with Crippen molar-refractivity contribution in [1.82, 2.24) is 5.32 Å². The van der Waals surface area contributed by atoms with E-state index in [4.69, 9.17) is 4.74 Å². The first-order valence-corrected chi connectivity index (χ1v) is 7.71. The maximum absolute atomic E-state index is 11.5. The number of rotatable bonds is 5. The Balaban J connectivity index is 1.94. The molecule has 3 nitrogen and oxygen atoms in total. The van der Waals surface area contributed by atoms with Gasteiger partial charge in [0, 0.05) is 23.0 Å². The van der Waals surface area contributed by atoms with Gasteiger partial charge in [-0.25, -0.2) is 4.79 Å². The Hall–Kier alpha value is -1.13. The maximum Gasteiger partial charge on any atom is 0.333 e. The van der Waals surface area contributed by atoms with Crippen molar-refractivity contribution >= 4 is 17.3 Å². The zero-order chi connectivity index (χ0) is 13.7. The Kier molecular flexibility index (Phi) is 5.16. The van der Waals surface area contributed by atoms with Crippen LogP contribution in [0.1, 0.15) is 42.7 Å². The van der Waals surface area contributed by atoms with Crippen molar-refractivity contribution < 1.29 is 9.53 Å². The number of ether oxygens (including phenoxy) is 1. The summed E-state index contributed by atoms with van der Waals surface area (Å²) in [5.74, 6) is -0.218. The summed E-state index contributed by atoms with van der Waals surface area (Å²) < 4.78 is 4.76. The standard InChI is InChI=1S/C15H21NO2S/c1-3-11(15(17)18-2)7-9-16-13-5-4-6-14-12(13)8-10-19-14/h7-8,10,13,16H,3-6,9H2,1-2H3/b11-7-. The fraction of sp³-hybridized carbons (Fsp3) is 0.533. The molecule has 19 heavy (non-hydrogen) atoms. The molecule has 0 amide bonds. The molecule has 1 aliphatic rings. The number of methoxy groups -OCH3 is 1. The van der Waals surface area contributed by atoms with Crippen molar-refractivity contribution in [3.05, 3.63) is 33.5 Å². The molecular formula is C15H21NO2S. The number of carbonyl (C=O) groups excluding carboxylic acids is 1. The zero-order valence-electron chi connectivity index (χ0n) is 11.6. The molecule has 1 aliphatic carbocycles. The van der Waals surface area contributed by atoms with Gasteiger partial charge in [-0.05, 0) is 42.7 Å². The number of thiophene rings is 1. The van der Waals surface area contributed by atoms with E-state index in [-0.39, 0.29) is 5.97 Å². The minimum absolute atomic E-state index is 0.218. The third kappa shape index (κ3) is 3.45. The molecule has 0 radical (unpaired) electrons. The quantitative estimate of drug-likeness (QED) is 0.664. The predicted molar refractivity (Wildman–Crippen MR) is 78.4 cm³/mol. The lowest BCUT2D eigenvalue weighted by Crippen LogP contribution is -2.24. The van der Waals surface area contributed by atoms with Crippen LogP contribution in [0.15, 0.2) is 23.1 Å². The fourth-order valence-electron chi connectivity index (χ4n) is 2.53. The highest BCUT2D eigenvalue weighted by Gasteiger charge is 2.20. The van der Waals surface area contributed by atoms with Crippen molar-refractivity contribution in [2.24, 2.45) is 0 Å². The first kappa shape index (κ1) is 14.3. The molecule has 1 aromatic rings. The van der Waals surface area contributed by atoms with Gasteiger partial charge in [0.2, 0.25) is 0 Å². The molecule has 1 aromatic heterocycles. The van der Waals surface area contributed by atoms with Crippen LogP contribution in [0.25, 0.3) is 0 Å². The number of hydrogen-bond donors (Lipinski definition) is 1. The molecule has 1 unspecified atom stereocenters. The minimum atomic E-state index is -0.218. The van der Waals surface area contributed by atoms with Crippen LogP contribution < -0.4 is 5.32 Å². The zero-order valence-corrected chi connectivity index (χ0v) is 12.4. The largest absolute Gasteiger partial charge is 0.466 e. The molecule has 0 aromatic carbocycles. The van der Waals surface area contributed by atoms with Crippen molar-refractivity contribution in [3.8, 4) is 0 Å². The van der Waals surface area contributed by atoms with Gasteiger partial charge in [0.25, 0.3) is 0 Å². The summed E-state index contributed by atoms with van der Waals surface area (Å²) in [7, 11) is 1.43. The molecule has 4 heteroatoms. The van der Waals surface area contributed by atoms with E-state index >= 15 is 0 Å². The molecule has 0 spiro atoms. The molecule has 0 bridgehead atoms. The predicted octanol–water partition coefficient (Wildman–Crippen LogP) is 3.22. The van der Waals surface area contributed by atoms with Gasteiger partial charge in [0.05, 0.1) is 7.11 Å². The van der Waals surface area contributed by atoms with Crippen molar-refractivity contribution in [2.75, 3.05) is 13.7 Å². The molecule has 0 saturated carbocycles. The number of aryl methyl sites for hydroxylation is 1. The molecule has 1 heterocycles. The highest BCUT2D eigenvalue weighted by molar-refractivity contribution is 7.10. The fourth-order valence-corrected chi connectivity index (χ4v) is 3.51. The van der Waals surface area contributed by atoms with Crippen LogP contribution in [-0.2, 0) is 16.0 Å². The lowest BCUT2D eigenvalue weighted by atomic mass is 9.94. The Morgan fingerprint density at radius 1 is 1.63 bits per heavy atom. The molecular weight excluding hydrogens is 258 g/mol. The maximum atomic E-state index is 11.5. The van der Waals surface area contributed by atoms with E-state index in [0.29, 0.717) is 12.5 Å². The third-order valence-electron chi connectivity index (χ3n) is 3.59. The normalized spacial score (nSPS) is 19.1. The van der Waals surface area contributed by atoms with Crippen LogP contribution in [0.3, 0.4) is 0 Å². The number of esters is 1. The summed E-state index contributed by atoms with van der Waals surface area (Å²) in [5.41, 5.74) is 2.19. The van der Waals surface area contributed by atoms with Gasteiger partial charge < -0.3 is 10.1 Å². The van der Waals surface area contributed by atoms with Crippen molar-refractivity contribution in [2.45, 2.75) is 38.6 Å². The van der Waals surface area contributed by atoms with E-state index in [0.717, 1.165) is 12.1 Å².